The Kier molecular flexibility index (Phi) is 6.95. The Morgan fingerprint density at radius 2 is 2.20 bits per heavy atom. The molecule has 0 aliphatic rings. The van der Waals surface area contributed by atoms with Gasteiger partial charge in [-0.2, -0.15) is 0 Å². The molecule has 0 spiro atoms. The molecule has 0 aromatic carbocycles. The lowest BCUT2D eigenvalue weighted by Gasteiger charge is -2.23. The zero-order valence-electron chi connectivity index (χ0n) is 12.5. The molecule has 1 rings (SSSR count). The standard InChI is InChI=1S/C14H25N3O2S/c1-11-9-20-12(17-11)5-4-7-15-13(19)16-10-14(2,3)6-8-18/h9,18H,4-8,10H2,1-3H3,(H2,15,16,19). The summed E-state index contributed by atoms with van der Waals surface area (Å²) in [5.41, 5.74) is 0.978. The van der Waals surface area contributed by atoms with Gasteiger partial charge in [-0.3, -0.25) is 0 Å². The molecule has 0 unspecified atom stereocenters. The highest BCUT2D eigenvalue weighted by Crippen LogP contribution is 2.17. The molecule has 0 fully saturated rings. The third-order valence-corrected chi connectivity index (χ3v) is 4.06. The molecule has 0 aliphatic heterocycles. The van der Waals surface area contributed by atoms with Gasteiger partial charge >= 0.3 is 6.03 Å². The van der Waals surface area contributed by atoms with Crippen LogP contribution in [-0.4, -0.2) is 35.8 Å². The molecular formula is C14H25N3O2S. The monoisotopic (exact) mass is 299 g/mol. The molecule has 0 radical (unpaired) electrons. The van der Waals surface area contributed by atoms with Crippen molar-refractivity contribution in [3.63, 3.8) is 0 Å². The number of aromatic nitrogens is 1. The van der Waals surface area contributed by atoms with Crippen molar-refractivity contribution in [3.05, 3.63) is 16.1 Å². The second-order valence-corrected chi connectivity index (χ2v) is 6.68. The molecule has 0 atom stereocenters. The Bertz CT molecular complexity index is 418. The van der Waals surface area contributed by atoms with Gasteiger partial charge in [-0.25, -0.2) is 9.78 Å². The van der Waals surface area contributed by atoms with Crippen LogP contribution in [0.2, 0.25) is 0 Å². The van der Waals surface area contributed by atoms with Crippen LogP contribution in [0, 0.1) is 12.3 Å². The van der Waals surface area contributed by atoms with Gasteiger partial charge in [0.05, 0.1) is 5.01 Å². The molecular weight excluding hydrogens is 274 g/mol. The number of nitrogens with zero attached hydrogens (tertiary/aromatic N) is 1. The van der Waals surface area contributed by atoms with E-state index in [9.17, 15) is 4.79 Å². The van der Waals surface area contributed by atoms with E-state index in [1.54, 1.807) is 11.3 Å². The smallest absolute Gasteiger partial charge is 0.314 e. The van der Waals surface area contributed by atoms with E-state index >= 15 is 0 Å². The van der Waals surface area contributed by atoms with Crippen LogP contribution in [0.3, 0.4) is 0 Å². The Balaban J connectivity index is 2.11. The highest BCUT2D eigenvalue weighted by atomic mass is 32.1. The quantitative estimate of drug-likeness (QED) is 0.644. The minimum Gasteiger partial charge on any atom is -0.396 e. The van der Waals surface area contributed by atoms with E-state index in [0.29, 0.717) is 19.5 Å². The van der Waals surface area contributed by atoms with Gasteiger partial charge in [-0.05, 0) is 25.2 Å². The van der Waals surface area contributed by atoms with Crippen LogP contribution in [0.1, 0.15) is 37.4 Å². The largest absolute Gasteiger partial charge is 0.396 e. The average molecular weight is 299 g/mol. The van der Waals surface area contributed by atoms with Crippen LogP contribution in [0.25, 0.3) is 0 Å². The van der Waals surface area contributed by atoms with Crippen molar-refractivity contribution in [2.45, 2.75) is 40.0 Å². The molecule has 0 saturated heterocycles. The summed E-state index contributed by atoms with van der Waals surface area (Å²) >= 11 is 1.66. The third-order valence-electron chi connectivity index (χ3n) is 3.04. The summed E-state index contributed by atoms with van der Waals surface area (Å²) in [5, 5.41) is 17.8. The van der Waals surface area contributed by atoms with Crippen molar-refractivity contribution in [2.75, 3.05) is 19.7 Å². The fourth-order valence-corrected chi connectivity index (χ4v) is 2.55. The van der Waals surface area contributed by atoms with Gasteiger partial charge in [0, 0.05) is 37.2 Å². The SMILES string of the molecule is Cc1csc(CCCNC(=O)NCC(C)(C)CCO)n1. The number of amides is 2. The number of nitrogens with one attached hydrogen (secondary N) is 2. The fraction of sp³-hybridized carbons (Fsp3) is 0.714. The number of hydrogen-bond donors (Lipinski definition) is 3. The van der Waals surface area contributed by atoms with E-state index in [-0.39, 0.29) is 18.1 Å². The predicted octanol–water partition coefficient (Wildman–Crippen LogP) is 2.09. The number of aliphatic hydroxyl groups excluding tert-OH is 1. The van der Waals surface area contributed by atoms with Gasteiger partial charge in [-0.15, -0.1) is 11.3 Å². The highest BCUT2D eigenvalue weighted by molar-refractivity contribution is 7.09. The van der Waals surface area contributed by atoms with Crippen molar-refractivity contribution in [3.8, 4) is 0 Å². The van der Waals surface area contributed by atoms with Crippen molar-refractivity contribution in [1.82, 2.24) is 15.6 Å². The van der Waals surface area contributed by atoms with E-state index in [1.807, 2.05) is 26.2 Å². The maximum Gasteiger partial charge on any atom is 0.314 e. The van der Waals surface area contributed by atoms with Gasteiger partial charge in [0.2, 0.25) is 0 Å². The molecule has 20 heavy (non-hydrogen) atoms. The lowest BCUT2D eigenvalue weighted by atomic mass is 9.90. The minimum absolute atomic E-state index is 0.0789. The summed E-state index contributed by atoms with van der Waals surface area (Å²) in [6.07, 6.45) is 2.46. The molecule has 1 heterocycles. The minimum atomic E-state index is -0.147. The Morgan fingerprint density at radius 3 is 2.80 bits per heavy atom. The third kappa shape index (κ3) is 6.86. The lowest BCUT2D eigenvalue weighted by molar-refractivity contribution is 0.201. The molecule has 0 saturated carbocycles. The number of carbonyl (C=O) groups excluding carboxylic acids is 1. The number of thiazole rings is 1. The Morgan fingerprint density at radius 1 is 1.45 bits per heavy atom. The van der Waals surface area contributed by atoms with Crippen LogP contribution in [-0.2, 0) is 6.42 Å². The first kappa shape index (κ1) is 16.9. The number of aryl methyl sites for hydroxylation is 2. The van der Waals surface area contributed by atoms with Crippen LogP contribution >= 0.6 is 11.3 Å². The van der Waals surface area contributed by atoms with E-state index in [4.69, 9.17) is 5.11 Å². The number of rotatable bonds is 8. The topological polar surface area (TPSA) is 74.2 Å². The van der Waals surface area contributed by atoms with Crippen LogP contribution in [0.4, 0.5) is 4.79 Å². The van der Waals surface area contributed by atoms with Crippen molar-refractivity contribution < 1.29 is 9.90 Å². The number of carbonyl (C=O) groups is 1. The number of aliphatic hydroxyl groups is 1. The first-order valence-electron chi connectivity index (χ1n) is 6.96. The first-order chi connectivity index (χ1) is 9.43. The summed E-state index contributed by atoms with van der Waals surface area (Å²) in [6.45, 7) is 7.38. The fourth-order valence-electron chi connectivity index (χ4n) is 1.73. The zero-order valence-corrected chi connectivity index (χ0v) is 13.3. The van der Waals surface area contributed by atoms with Gasteiger partial charge in [-0.1, -0.05) is 13.8 Å². The first-order valence-corrected chi connectivity index (χ1v) is 7.84. The summed E-state index contributed by atoms with van der Waals surface area (Å²) in [4.78, 5) is 16.0. The molecule has 1 aromatic rings. The molecule has 2 amide bonds. The van der Waals surface area contributed by atoms with Gasteiger partial charge in [0.1, 0.15) is 0 Å². The van der Waals surface area contributed by atoms with Gasteiger partial charge in [0.15, 0.2) is 0 Å². The summed E-state index contributed by atoms with van der Waals surface area (Å²) in [7, 11) is 0. The van der Waals surface area contributed by atoms with Crippen molar-refractivity contribution in [2.24, 2.45) is 5.41 Å². The van der Waals surface area contributed by atoms with Gasteiger partial charge < -0.3 is 15.7 Å². The summed E-state index contributed by atoms with van der Waals surface area (Å²) < 4.78 is 0. The average Bonchev–Trinajstić information content (AvgIpc) is 2.78. The zero-order chi connectivity index (χ0) is 15.0. The van der Waals surface area contributed by atoms with Crippen LogP contribution in [0.15, 0.2) is 5.38 Å². The van der Waals surface area contributed by atoms with Crippen molar-refractivity contribution >= 4 is 17.4 Å². The van der Waals surface area contributed by atoms with Crippen molar-refractivity contribution in [1.29, 1.82) is 0 Å². The van der Waals surface area contributed by atoms with E-state index in [1.165, 1.54) is 0 Å². The van der Waals surface area contributed by atoms with E-state index < -0.39 is 0 Å². The summed E-state index contributed by atoms with van der Waals surface area (Å²) in [5.74, 6) is 0. The van der Waals surface area contributed by atoms with E-state index in [0.717, 1.165) is 23.5 Å². The Labute approximate surface area is 124 Å². The molecule has 0 bridgehead atoms. The molecule has 114 valence electrons. The molecule has 3 N–H and O–H groups in total. The predicted molar refractivity (Wildman–Crippen MR) is 82.1 cm³/mol. The Hall–Kier alpha value is -1.14. The molecule has 0 aliphatic carbocycles. The number of urea groups is 1. The normalized spacial score (nSPS) is 11.4. The summed E-state index contributed by atoms with van der Waals surface area (Å²) in [6, 6.07) is -0.147. The van der Waals surface area contributed by atoms with Gasteiger partial charge in [0.25, 0.3) is 0 Å². The maximum absolute atomic E-state index is 11.6. The van der Waals surface area contributed by atoms with Crippen LogP contribution < -0.4 is 10.6 Å². The van der Waals surface area contributed by atoms with E-state index in [2.05, 4.69) is 15.6 Å². The highest BCUT2D eigenvalue weighted by Gasteiger charge is 2.17. The second kappa shape index (κ2) is 8.21. The molecule has 1 aromatic heterocycles. The second-order valence-electron chi connectivity index (χ2n) is 5.73. The lowest BCUT2D eigenvalue weighted by Crippen LogP contribution is -2.41. The molecule has 5 nitrogen and oxygen atoms in total. The maximum atomic E-state index is 11.6. The van der Waals surface area contributed by atoms with Crippen LogP contribution in [0.5, 0.6) is 0 Å². The molecule has 6 heteroatoms. The number of hydrogen-bond acceptors (Lipinski definition) is 4.